The van der Waals surface area contributed by atoms with Crippen molar-refractivity contribution in [2.24, 2.45) is 0 Å². The van der Waals surface area contributed by atoms with Gasteiger partial charge in [-0.15, -0.1) is 0 Å². The molecule has 244 valence electrons. The number of nitrogens with zero attached hydrogens (tertiary/aromatic N) is 5. The first-order chi connectivity index (χ1) is 24.9. The van der Waals surface area contributed by atoms with E-state index in [0.717, 1.165) is 33.2 Å². The third-order valence-electron chi connectivity index (χ3n) is 10.9. The van der Waals surface area contributed by atoms with E-state index in [-0.39, 0.29) is 5.41 Å². The van der Waals surface area contributed by atoms with Crippen molar-refractivity contribution in [1.82, 2.24) is 24.1 Å². The second-order valence-electron chi connectivity index (χ2n) is 14.1. The average Bonchev–Trinajstić information content (AvgIpc) is 3.76. The molecule has 1 aliphatic carbocycles. The molecule has 6 aromatic carbocycles. The molecule has 0 unspecified atom stereocenters. The molecule has 3 aromatic heterocycles. The first-order valence-electron chi connectivity index (χ1n) is 17.6. The molecule has 0 bridgehead atoms. The molecule has 1 aliphatic rings. The number of para-hydroxylation sites is 2. The number of hydrogen-bond donors (Lipinski definition) is 0. The van der Waals surface area contributed by atoms with E-state index in [4.69, 9.17) is 15.0 Å². The van der Waals surface area contributed by atoms with Crippen molar-refractivity contribution >= 4 is 49.2 Å². The molecule has 0 radical (unpaired) electrons. The monoisotopic (exact) mass is 657 g/mol. The minimum atomic E-state index is -0.156. The molecule has 0 saturated carbocycles. The maximum atomic E-state index is 5.23. The number of hydrogen-bond acceptors (Lipinski definition) is 3. The standard InChI is InChI=1S/C46H35N5/c1-5-28(2)43-47-44(29-15-7-6-8-16-29)49-45(48-43)51-41-25-30(50-39-21-13-10-18-32(39)33-19-11-14-22-40(33)50)23-24-34(41)36-26-35-31-17-9-12-20-37(31)46(3,4)38(35)27-42(36)51/h5-27H,1-4H3/b28-5+. The van der Waals surface area contributed by atoms with Crippen LogP contribution in [0.4, 0.5) is 0 Å². The molecule has 9 aromatic rings. The second kappa shape index (κ2) is 10.8. The van der Waals surface area contributed by atoms with Crippen LogP contribution in [0.5, 0.6) is 0 Å². The zero-order valence-corrected chi connectivity index (χ0v) is 29.0. The SMILES string of the molecule is C/C=C(\C)c1nc(-c2ccccc2)nc(-n2c3cc(-n4c5ccccc5c5ccccc54)ccc3c3cc4c(cc32)C(C)(C)c2ccccc2-4)n1. The van der Waals surface area contributed by atoms with Gasteiger partial charge in [0.25, 0.3) is 0 Å². The van der Waals surface area contributed by atoms with Crippen molar-refractivity contribution in [3.8, 4) is 34.2 Å². The van der Waals surface area contributed by atoms with Crippen LogP contribution in [0.25, 0.3) is 83.3 Å². The van der Waals surface area contributed by atoms with Crippen LogP contribution in [-0.4, -0.2) is 24.1 Å². The molecule has 0 aliphatic heterocycles. The quantitative estimate of drug-likeness (QED) is 0.189. The van der Waals surface area contributed by atoms with Crippen LogP contribution in [0.1, 0.15) is 44.6 Å². The van der Waals surface area contributed by atoms with E-state index in [0.29, 0.717) is 17.6 Å². The Kier molecular flexibility index (Phi) is 6.28. The van der Waals surface area contributed by atoms with Crippen molar-refractivity contribution in [3.05, 3.63) is 156 Å². The average molecular weight is 658 g/mol. The van der Waals surface area contributed by atoms with Gasteiger partial charge in [-0.1, -0.05) is 117 Å². The van der Waals surface area contributed by atoms with Gasteiger partial charge in [-0.05, 0) is 78.1 Å². The van der Waals surface area contributed by atoms with Gasteiger partial charge < -0.3 is 4.57 Å². The number of rotatable bonds is 4. The molecule has 51 heavy (non-hydrogen) atoms. The van der Waals surface area contributed by atoms with Crippen LogP contribution >= 0.6 is 0 Å². The van der Waals surface area contributed by atoms with E-state index in [1.54, 1.807) is 0 Å². The molecule has 5 nitrogen and oxygen atoms in total. The Labute approximate surface area is 296 Å². The smallest absolute Gasteiger partial charge is 0.238 e. The van der Waals surface area contributed by atoms with Gasteiger partial charge in [0, 0.05) is 38.2 Å². The third-order valence-corrected chi connectivity index (χ3v) is 10.9. The Bertz CT molecular complexity index is 2850. The fraction of sp³-hybridized carbons (Fsp3) is 0.109. The summed E-state index contributed by atoms with van der Waals surface area (Å²) in [5.41, 5.74) is 12.6. The molecule has 0 spiro atoms. The van der Waals surface area contributed by atoms with Gasteiger partial charge in [-0.25, -0.2) is 4.98 Å². The van der Waals surface area contributed by atoms with Crippen molar-refractivity contribution in [3.63, 3.8) is 0 Å². The summed E-state index contributed by atoms with van der Waals surface area (Å²) in [6.45, 7) is 8.76. The summed E-state index contributed by atoms with van der Waals surface area (Å²) in [5.74, 6) is 1.93. The van der Waals surface area contributed by atoms with Crippen LogP contribution < -0.4 is 0 Å². The molecule has 10 rings (SSSR count). The first kappa shape index (κ1) is 29.6. The Hall–Kier alpha value is -6.33. The second-order valence-corrected chi connectivity index (χ2v) is 14.1. The zero-order valence-electron chi connectivity index (χ0n) is 29.0. The third kappa shape index (κ3) is 4.24. The van der Waals surface area contributed by atoms with Crippen molar-refractivity contribution < 1.29 is 0 Å². The normalized spacial score (nSPS) is 13.8. The summed E-state index contributed by atoms with van der Waals surface area (Å²) in [5, 5.41) is 4.81. The van der Waals surface area contributed by atoms with Gasteiger partial charge in [0.1, 0.15) is 0 Å². The Balaban J connectivity index is 1.33. The molecule has 0 saturated heterocycles. The molecule has 0 N–H and O–H groups in total. The summed E-state index contributed by atoms with van der Waals surface area (Å²) in [7, 11) is 0. The number of fused-ring (bicyclic) bond motifs is 9. The van der Waals surface area contributed by atoms with Gasteiger partial charge in [0.15, 0.2) is 11.6 Å². The minimum absolute atomic E-state index is 0.156. The number of benzene rings is 6. The molecule has 0 atom stereocenters. The Morgan fingerprint density at radius 3 is 1.94 bits per heavy atom. The molecule has 3 heterocycles. The lowest BCUT2D eigenvalue weighted by Crippen LogP contribution is -2.15. The maximum absolute atomic E-state index is 5.23. The minimum Gasteiger partial charge on any atom is -0.309 e. The van der Waals surface area contributed by atoms with Crippen LogP contribution in [0.3, 0.4) is 0 Å². The molecule has 0 fully saturated rings. The highest BCUT2D eigenvalue weighted by atomic mass is 15.2. The van der Waals surface area contributed by atoms with Gasteiger partial charge in [0.2, 0.25) is 5.95 Å². The predicted octanol–water partition coefficient (Wildman–Crippen LogP) is 11.5. The lowest BCUT2D eigenvalue weighted by Gasteiger charge is -2.21. The van der Waals surface area contributed by atoms with Crippen LogP contribution in [0, 0.1) is 0 Å². The predicted molar refractivity (Wildman–Crippen MR) is 211 cm³/mol. The van der Waals surface area contributed by atoms with E-state index in [1.165, 1.54) is 49.4 Å². The van der Waals surface area contributed by atoms with Crippen molar-refractivity contribution in [2.75, 3.05) is 0 Å². The van der Waals surface area contributed by atoms with Crippen LogP contribution in [0.2, 0.25) is 0 Å². The number of aromatic nitrogens is 5. The largest absolute Gasteiger partial charge is 0.309 e. The highest BCUT2D eigenvalue weighted by molar-refractivity contribution is 6.13. The van der Waals surface area contributed by atoms with Gasteiger partial charge in [-0.3, -0.25) is 4.57 Å². The topological polar surface area (TPSA) is 48.5 Å². The van der Waals surface area contributed by atoms with Gasteiger partial charge in [0.05, 0.1) is 22.1 Å². The Morgan fingerprint density at radius 1 is 0.549 bits per heavy atom. The van der Waals surface area contributed by atoms with E-state index in [1.807, 2.05) is 25.1 Å². The first-order valence-corrected chi connectivity index (χ1v) is 17.6. The lowest BCUT2D eigenvalue weighted by atomic mass is 9.82. The zero-order chi connectivity index (χ0) is 34.4. The molecule has 5 heteroatoms. The van der Waals surface area contributed by atoms with E-state index in [2.05, 4.69) is 151 Å². The molecular weight excluding hydrogens is 623 g/mol. The van der Waals surface area contributed by atoms with Gasteiger partial charge >= 0.3 is 0 Å². The van der Waals surface area contributed by atoms with Gasteiger partial charge in [-0.2, -0.15) is 9.97 Å². The van der Waals surface area contributed by atoms with Crippen LogP contribution in [-0.2, 0) is 5.41 Å². The summed E-state index contributed by atoms with van der Waals surface area (Å²) < 4.78 is 4.64. The summed E-state index contributed by atoms with van der Waals surface area (Å²) in [6.07, 6.45) is 2.06. The summed E-state index contributed by atoms with van der Waals surface area (Å²) in [6, 6.07) is 48.0. The number of allylic oxidation sites excluding steroid dienone is 2. The highest BCUT2D eigenvalue weighted by Gasteiger charge is 2.36. The van der Waals surface area contributed by atoms with Crippen LogP contribution in [0.15, 0.2) is 140 Å². The molecular formula is C46H35N5. The van der Waals surface area contributed by atoms with E-state index < -0.39 is 0 Å². The van der Waals surface area contributed by atoms with E-state index >= 15 is 0 Å². The van der Waals surface area contributed by atoms with Crippen molar-refractivity contribution in [1.29, 1.82) is 0 Å². The molecule has 0 amide bonds. The van der Waals surface area contributed by atoms with Crippen molar-refractivity contribution in [2.45, 2.75) is 33.1 Å². The highest BCUT2D eigenvalue weighted by Crippen LogP contribution is 2.51. The Morgan fingerprint density at radius 2 is 1.20 bits per heavy atom. The van der Waals surface area contributed by atoms with E-state index in [9.17, 15) is 0 Å². The maximum Gasteiger partial charge on any atom is 0.238 e. The summed E-state index contributed by atoms with van der Waals surface area (Å²) in [4.78, 5) is 15.4. The summed E-state index contributed by atoms with van der Waals surface area (Å²) >= 11 is 0. The fourth-order valence-corrected chi connectivity index (χ4v) is 8.24. The lowest BCUT2D eigenvalue weighted by molar-refractivity contribution is 0.661. The fourth-order valence-electron chi connectivity index (χ4n) is 8.24.